The number of anilines is 2. The Morgan fingerprint density at radius 3 is 1.80 bits per heavy atom. The first-order valence-corrected chi connectivity index (χ1v) is 5.96. The van der Waals surface area contributed by atoms with E-state index in [4.69, 9.17) is 10.2 Å². The summed E-state index contributed by atoms with van der Waals surface area (Å²) in [5.41, 5.74) is 2.53. The van der Waals surface area contributed by atoms with Crippen LogP contribution in [0.25, 0.3) is 0 Å². The first-order chi connectivity index (χ1) is 9.54. The number of aliphatic carboxylic acids is 1. The minimum Gasteiger partial charge on any atom is -0.481 e. The fraction of sp³-hybridized carbons (Fsp3) is 0.0667. The third-order valence-corrected chi connectivity index (χ3v) is 2.73. The Bertz CT molecular complexity index is 617. The summed E-state index contributed by atoms with van der Waals surface area (Å²) in [6, 6.07) is 13.4. The van der Waals surface area contributed by atoms with Crippen molar-refractivity contribution >= 4 is 23.3 Å². The number of hydrogen-bond donors (Lipinski definition) is 3. The summed E-state index contributed by atoms with van der Waals surface area (Å²) in [5, 5.41) is 20.6. The van der Waals surface area contributed by atoms with E-state index in [0.717, 1.165) is 16.9 Å². The standard InChI is InChI=1S/C15H13NO4/c17-14(18)9-10-1-5-12(6-2-10)16-13-7-3-11(4-8-13)15(19)20/h1-8,16H,9H2,(H,17,18)(H,19,20). The number of hydrogen-bond acceptors (Lipinski definition) is 3. The fourth-order valence-corrected chi connectivity index (χ4v) is 1.74. The molecule has 0 unspecified atom stereocenters. The Balaban J connectivity index is 2.06. The zero-order chi connectivity index (χ0) is 14.5. The molecule has 2 aromatic rings. The van der Waals surface area contributed by atoms with Crippen molar-refractivity contribution in [3.8, 4) is 0 Å². The molecule has 5 heteroatoms. The Morgan fingerprint density at radius 2 is 1.35 bits per heavy atom. The summed E-state index contributed by atoms with van der Waals surface area (Å²) < 4.78 is 0. The molecule has 0 saturated heterocycles. The van der Waals surface area contributed by atoms with Gasteiger partial charge in [0.1, 0.15) is 0 Å². The minimum absolute atomic E-state index is 0.00636. The largest absolute Gasteiger partial charge is 0.481 e. The van der Waals surface area contributed by atoms with Gasteiger partial charge in [-0.05, 0) is 42.0 Å². The normalized spacial score (nSPS) is 10.0. The molecule has 0 aromatic heterocycles. The monoisotopic (exact) mass is 271 g/mol. The zero-order valence-corrected chi connectivity index (χ0v) is 10.5. The van der Waals surface area contributed by atoms with Crippen molar-refractivity contribution in [3.63, 3.8) is 0 Å². The minimum atomic E-state index is -0.963. The molecule has 0 bridgehead atoms. The van der Waals surface area contributed by atoms with Crippen LogP contribution in [-0.2, 0) is 11.2 Å². The van der Waals surface area contributed by atoms with E-state index in [1.165, 1.54) is 12.1 Å². The smallest absolute Gasteiger partial charge is 0.335 e. The van der Waals surface area contributed by atoms with Gasteiger partial charge < -0.3 is 15.5 Å². The summed E-state index contributed by atoms with van der Waals surface area (Å²) in [5.74, 6) is -1.83. The van der Waals surface area contributed by atoms with Crippen LogP contribution in [0.5, 0.6) is 0 Å². The summed E-state index contributed by atoms with van der Waals surface area (Å²) in [6.07, 6.45) is -0.00636. The average molecular weight is 271 g/mol. The molecular weight excluding hydrogens is 258 g/mol. The lowest BCUT2D eigenvalue weighted by atomic mass is 10.1. The highest BCUT2D eigenvalue weighted by molar-refractivity contribution is 5.88. The van der Waals surface area contributed by atoms with Crippen LogP contribution in [0.4, 0.5) is 11.4 Å². The molecule has 0 atom stereocenters. The van der Waals surface area contributed by atoms with E-state index in [9.17, 15) is 9.59 Å². The predicted molar refractivity (Wildman–Crippen MR) is 74.5 cm³/mol. The van der Waals surface area contributed by atoms with Crippen LogP contribution in [0.15, 0.2) is 48.5 Å². The van der Waals surface area contributed by atoms with Crippen molar-refractivity contribution in [2.45, 2.75) is 6.42 Å². The molecule has 0 radical (unpaired) electrons. The lowest BCUT2D eigenvalue weighted by molar-refractivity contribution is -0.136. The van der Waals surface area contributed by atoms with Gasteiger partial charge in [0, 0.05) is 11.4 Å². The van der Waals surface area contributed by atoms with Gasteiger partial charge in [0.05, 0.1) is 12.0 Å². The second kappa shape index (κ2) is 5.88. The van der Waals surface area contributed by atoms with E-state index in [1.54, 1.807) is 36.4 Å². The predicted octanol–water partition coefficient (Wildman–Crippen LogP) is 2.76. The van der Waals surface area contributed by atoms with Crippen LogP contribution in [0, 0.1) is 0 Å². The molecule has 20 heavy (non-hydrogen) atoms. The van der Waals surface area contributed by atoms with Crippen molar-refractivity contribution in [1.29, 1.82) is 0 Å². The summed E-state index contributed by atoms with van der Waals surface area (Å²) >= 11 is 0. The van der Waals surface area contributed by atoms with Gasteiger partial charge in [0.25, 0.3) is 0 Å². The molecule has 0 heterocycles. The number of carbonyl (C=O) groups is 2. The maximum Gasteiger partial charge on any atom is 0.335 e. The number of rotatable bonds is 5. The van der Waals surface area contributed by atoms with E-state index >= 15 is 0 Å². The molecule has 0 aliphatic heterocycles. The molecular formula is C15H13NO4. The summed E-state index contributed by atoms with van der Waals surface area (Å²) in [6.45, 7) is 0. The molecule has 0 spiro atoms. The van der Waals surface area contributed by atoms with Crippen molar-refractivity contribution < 1.29 is 19.8 Å². The van der Waals surface area contributed by atoms with Crippen LogP contribution in [0.1, 0.15) is 15.9 Å². The second-order valence-electron chi connectivity index (χ2n) is 4.27. The quantitative estimate of drug-likeness (QED) is 0.778. The SMILES string of the molecule is O=C(O)Cc1ccc(Nc2ccc(C(=O)O)cc2)cc1. The Hall–Kier alpha value is -2.82. The van der Waals surface area contributed by atoms with Gasteiger partial charge in [0.2, 0.25) is 0 Å². The molecule has 5 nitrogen and oxygen atoms in total. The van der Waals surface area contributed by atoms with Crippen LogP contribution >= 0.6 is 0 Å². The van der Waals surface area contributed by atoms with Crippen molar-refractivity contribution in [2.24, 2.45) is 0 Å². The maximum atomic E-state index is 10.7. The molecule has 0 saturated carbocycles. The highest BCUT2D eigenvalue weighted by Gasteiger charge is 2.03. The number of carboxylic acids is 2. The second-order valence-corrected chi connectivity index (χ2v) is 4.27. The van der Waals surface area contributed by atoms with Gasteiger partial charge >= 0.3 is 11.9 Å². The molecule has 3 N–H and O–H groups in total. The molecule has 0 amide bonds. The molecule has 0 fully saturated rings. The first kappa shape index (κ1) is 13.6. The van der Waals surface area contributed by atoms with Gasteiger partial charge in [-0.3, -0.25) is 4.79 Å². The lowest BCUT2D eigenvalue weighted by Crippen LogP contribution is -2.00. The van der Waals surface area contributed by atoms with E-state index in [0.29, 0.717) is 0 Å². The Labute approximate surface area is 115 Å². The maximum absolute atomic E-state index is 10.7. The lowest BCUT2D eigenvalue weighted by Gasteiger charge is -2.07. The van der Waals surface area contributed by atoms with Crippen LogP contribution in [0.2, 0.25) is 0 Å². The van der Waals surface area contributed by atoms with E-state index in [2.05, 4.69) is 5.32 Å². The van der Waals surface area contributed by atoms with Crippen molar-refractivity contribution in [3.05, 3.63) is 59.7 Å². The van der Waals surface area contributed by atoms with Crippen molar-refractivity contribution in [1.82, 2.24) is 0 Å². The highest BCUT2D eigenvalue weighted by atomic mass is 16.4. The number of aromatic carboxylic acids is 1. The van der Waals surface area contributed by atoms with Crippen LogP contribution in [0.3, 0.4) is 0 Å². The van der Waals surface area contributed by atoms with Gasteiger partial charge in [-0.1, -0.05) is 12.1 Å². The third kappa shape index (κ3) is 3.58. The van der Waals surface area contributed by atoms with Gasteiger partial charge in [-0.15, -0.1) is 0 Å². The van der Waals surface area contributed by atoms with E-state index < -0.39 is 11.9 Å². The fourth-order valence-electron chi connectivity index (χ4n) is 1.74. The number of carboxylic acid groups (broad SMARTS) is 2. The molecule has 2 aromatic carbocycles. The van der Waals surface area contributed by atoms with Crippen LogP contribution in [-0.4, -0.2) is 22.2 Å². The Kier molecular flexibility index (Phi) is 4.00. The van der Waals surface area contributed by atoms with Crippen molar-refractivity contribution in [2.75, 3.05) is 5.32 Å². The van der Waals surface area contributed by atoms with Gasteiger partial charge in [-0.2, -0.15) is 0 Å². The molecule has 102 valence electrons. The van der Waals surface area contributed by atoms with Gasteiger partial charge in [0.15, 0.2) is 0 Å². The topological polar surface area (TPSA) is 86.6 Å². The first-order valence-electron chi connectivity index (χ1n) is 5.96. The number of benzene rings is 2. The van der Waals surface area contributed by atoms with Gasteiger partial charge in [-0.25, -0.2) is 4.79 Å². The Morgan fingerprint density at radius 1 is 0.850 bits per heavy atom. The average Bonchev–Trinajstić information content (AvgIpc) is 2.41. The zero-order valence-electron chi connectivity index (χ0n) is 10.5. The third-order valence-electron chi connectivity index (χ3n) is 2.73. The summed E-state index contributed by atoms with van der Waals surface area (Å²) in [7, 11) is 0. The van der Waals surface area contributed by atoms with E-state index in [1.807, 2.05) is 0 Å². The van der Waals surface area contributed by atoms with Crippen LogP contribution < -0.4 is 5.32 Å². The molecule has 2 rings (SSSR count). The molecule has 0 aliphatic rings. The number of nitrogens with one attached hydrogen (secondary N) is 1. The summed E-state index contributed by atoms with van der Waals surface area (Å²) in [4.78, 5) is 21.3. The molecule has 0 aliphatic carbocycles. The van der Waals surface area contributed by atoms with E-state index in [-0.39, 0.29) is 12.0 Å². The highest BCUT2D eigenvalue weighted by Crippen LogP contribution is 2.18.